The number of anilines is 2. The largest absolute Gasteiger partial charge is 0.378 e. The van der Waals surface area contributed by atoms with E-state index >= 15 is 0 Å². The Labute approximate surface area is 182 Å². The third-order valence-corrected chi connectivity index (χ3v) is 6.11. The van der Waals surface area contributed by atoms with Gasteiger partial charge >= 0.3 is 0 Å². The summed E-state index contributed by atoms with van der Waals surface area (Å²) in [5.74, 6) is 1.86. The first-order valence-corrected chi connectivity index (χ1v) is 11.0. The summed E-state index contributed by atoms with van der Waals surface area (Å²) in [6.45, 7) is 8.02. The number of para-hydroxylation sites is 1. The van der Waals surface area contributed by atoms with Gasteiger partial charge in [0.05, 0.1) is 18.7 Å². The molecule has 0 amide bonds. The minimum Gasteiger partial charge on any atom is -0.378 e. The highest BCUT2D eigenvalue weighted by molar-refractivity contribution is 6.30. The third-order valence-electron chi connectivity index (χ3n) is 5.86. The first-order chi connectivity index (χ1) is 14.8. The zero-order valence-corrected chi connectivity index (χ0v) is 17.8. The second-order valence-corrected chi connectivity index (χ2v) is 8.29. The number of benzene rings is 2. The van der Waals surface area contributed by atoms with Crippen LogP contribution in [0.2, 0.25) is 5.02 Å². The van der Waals surface area contributed by atoms with Crippen LogP contribution in [0, 0.1) is 0 Å². The van der Waals surface area contributed by atoms with Gasteiger partial charge in [-0.25, -0.2) is 4.98 Å². The predicted octanol–water partition coefficient (Wildman–Crippen LogP) is 3.44. The Morgan fingerprint density at radius 2 is 1.53 bits per heavy atom. The van der Waals surface area contributed by atoms with Crippen molar-refractivity contribution in [1.29, 1.82) is 0 Å². The van der Waals surface area contributed by atoms with Crippen LogP contribution >= 0.6 is 11.6 Å². The minimum atomic E-state index is 0.747. The fourth-order valence-electron chi connectivity index (χ4n) is 4.16. The third kappa shape index (κ3) is 4.21. The van der Waals surface area contributed by atoms with E-state index in [1.165, 1.54) is 5.56 Å². The summed E-state index contributed by atoms with van der Waals surface area (Å²) in [6.07, 6.45) is 0. The smallest absolute Gasteiger partial charge is 0.227 e. The molecule has 0 saturated carbocycles. The summed E-state index contributed by atoms with van der Waals surface area (Å²) in [6, 6.07) is 16.4. The van der Waals surface area contributed by atoms with Gasteiger partial charge in [0.2, 0.25) is 5.95 Å². The molecular formula is C23H26ClN5O. The van der Waals surface area contributed by atoms with E-state index < -0.39 is 0 Å². The molecule has 30 heavy (non-hydrogen) atoms. The van der Waals surface area contributed by atoms with Gasteiger partial charge in [-0.3, -0.25) is 4.90 Å². The van der Waals surface area contributed by atoms with Crippen LogP contribution in [0.5, 0.6) is 0 Å². The highest BCUT2D eigenvalue weighted by Crippen LogP contribution is 2.27. The summed E-state index contributed by atoms with van der Waals surface area (Å²) < 4.78 is 5.54. The van der Waals surface area contributed by atoms with Gasteiger partial charge in [-0.1, -0.05) is 35.9 Å². The molecule has 5 rings (SSSR count). The summed E-state index contributed by atoms with van der Waals surface area (Å²) in [7, 11) is 0. The summed E-state index contributed by atoms with van der Waals surface area (Å²) in [5.41, 5.74) is 2.30. The average Bonchev–Trinajstić information content (AvgIpc) is 2.81. The van der Waals surface area contributed by atoms with Crippen LogP contribution in [0.1, 0.15) is 5.56 Å². The molecule has 2 fully saturated rings. The first kappa shape index (κ1) is 19.5. The molecule has 0 N–H and O–H groups in total. The lowest BCUT2D eigenvalue weighted by atomic mass is 10.2. The Morgan fingerprint density at radius 3 is 2.30 bits per heavy atom. The van der Waals surface area contributed by atoms with E-state index in [1.54, 1.807) is 0 Å². The van der Waals surface area contributed by atoms with Crippen LogP contribution in [0.3, 0.4) is 0 Å². The van der Waals surface area contributed by atoms with Crippen molar-refractivity contribution in [2.45, 2.75) is 6.54 Å². The highest BCUT2D eigenvalue weighted by atomic mass is 35.5. The highest BCUT2D eigenvalue weighted by Gasteiger charge is 2.22. The Hall–Kier alpha value is -2.41. The normalized spacial score (nSPS) is 18.2. The van der Waals surface area contributed by atoms with Gasteiger partial charge in [0.15, 0.2) is 0 Å². The number of rotatable bonds is 4. The van der Waals surface area contributed by atoms with E-state index in [0.717, 1.165) is 86.7 Å². The van der Waals surface area contributed by atoms with Crippen molar-refractivity contribution in [3.63, 3.8) is 0 Å². The van der Waals surface area contributed by atoms with Crippen LogP contribution in [-0.2, 0) is 11.3 Å². The molecule has 7 heteroatoms. The fraction of sp³-hybridized carbons (Fsp3) is 0.391. The van der Waals surface area contributed by atoms with Crippen LogP contribution in [0.25, 0.3) is 10.9 Å². The zero-order chi connectivity index (χ0) is 20.3. The van der Waals surface area contributed by atoms with Crippen LogP contribution in [0.15, 0.2) is 48.5 Å². The molecule has 156 valence electrons. The summed E-state index contributed by atoms with van der Waals surface area (Å²) in [5, 5.41) is 1.90. The van der Waals surface area contributed by atoms with Gasteiger partial charge in [0, 0.05) is 56.2 Å². The molecule has 0 bridgehead atoms. The number of nitrogens with zero attached hydrogens (tertiary/aromatic N) is 5. The fourth-order valence-corrected chi connectivity index (χ4v) is 4.29. The van der Waals surface area contributed by atoms with E-state index in [-0.39, 0.29) is 0 Å². The maximum absolute atomic E-state index is 6.01. The van der Waals surface area contributed by atoms with Crippen molar-refractivity contribution in [1.82, 2.24) is 14.9 Å². The Kier molecular flexibility index (Phi) is 5.71. The predicted molar refractivity (Wildman–Crippen MR) is 122 cm³/mol. The molecule has 1 aromatic heterocycles. The molecule has 2 saturated heterocycles. The SMILES string of the molecule is Clc1ccc(CN2CCN(c3nc(N4CCOCC4)c4ccccc4n3)CC2)cc1. The van der Waals surface area contributed by atoms with E-state index in [2.05, 4.69) is 45.0 Å². The quantitative estimate of drug-likeness (QED) is 0.640. The van der Waals surface area contributed by atoms with Crippen LogP contribution < -0.4 is 9.80 Å². The molecule has 0 spiro atoms. The van der Waals surface area contributed by atoms with Crippen molar-refractivity contribution in [2.75, 3.05) is 62.3 Å². The molecule has 2 aliphatic heterocycles. The lowest BCUT2D eigenvalue weighted by Crippen LogP contribution is -2.46. The Bertz CT molecular complexity index is 998. The average molecular weight is 424 g/mol. The molecule has 0 aliphatic carbocycles. The lowest BCUT2D eigenvalue weighted by molar-refractivity contribution is 0.122. The Morgan fingerprint density at radius 1 is 0.800 bits per heavy atom. The van der Waals surface area contributed by atoms with E-state index in [4.69, 9.17) is 26.3 Å². The van der Waals surface area contributed by atoms with Gasteiger partial charge in [-0.15, -0.1) is 0 Å². The van der Waals surface area contributed by atoms with Crippen molar-refractivity contribution in [3.05, 3.63) is 59.1 Å². The molecule has 0 unspecified atom stereocenters. The van der Waals surface area contributed by atoms with Gasteiger partial charge in [0.1, 0.15) is 5.82 Å². The number of hydrogen-bond donors (Lipinski definition) is 0. The molecule has 0 radical (unpaired) electrons. The second kappa shape index (κ2) is 8.76. The number of morpholine rings is 1. The van der Waals surface area contributed by atoms with E-state index in [9.17, 15) is 0 Å². The van der Waals surface area contributed by atoms with Gasteiger partial charge in [-0.2, -0.15) is 4.98 Å². The van der Waals surface area contributed by atoms with Crippen LogP contribution in [0.4, 0.5) is 11.8 Å². The van der Waals surface area contributed by atoms with Gasteiger partial charge in [0.25, 0.3) is 0 Å². The number of ether oxygens (including phenoxy) is 1. The number of halogens is 1. The summed E-state index contributed by atoms with van der Waals surface area (Å²) in [4.78, 5) is 17.0. The monoisotopic (exact) mass is 423 g/mol. The summed E-state index contributed by atoms with van der Waals surface area (Å²) >= 11 is 6.01. The standard InChI is InChI=1S/C23H26ClN5O/c24-19-7-5-18(6-8-19)17-27-9-11-29(12-10-27)23-25-21-4-2-1-3-20(21)22(26-23)28-13-15-30-16-14-28/h1-8H,9-17H2. The number of aromatic nitrogens is 2. The van der Waals surface area contributed by atoms with Gasteiger partial charge < -0.3 is 14.5 Å². The molecule has 6 nitrogen and oxygen atoms in total. The molecule has 2 aromatic carbocycles. The topological polar surface area (TPSA) is 44.7 Å². The van der Waals surface area contributed by atoms with Crippen molar-refractivity contribution < 1.29 is 4.74 Å². The number of hydrogen-bond acceptors (Lipinski definition) is 6. The molecule has 2 aliphatic rings. The number of fused-ring (bicyclic) bond motifs is 1. The maximum Gasteiger partial charge on any atom is 0.227 e. The maximum atomic E-state index is 6.01. The molecule has 3 heterocycles. The second-order valence-electron chi connectivity index (χ2n) is 7.85. The lowest BCUT2D eigenvalue weighted by Gasteiger charge is -2.35. The van der Waals surface area contributed by atoms with E-state index in [0.29, 0.717) is 0 Å². The van der Waals surface area contributed by atoms with E-state index in [1.807, 2.05) is 18.2 Å². The molecule has 3 aromatic rings. The number of piperazine rings is 1. The molecular weight excluding hydrogens is 398 g/mol. The zero-order valence-electron chi connectivity index (χ0n) is 17.0. The van der Waals surface area contributed by atoms with Crippen LogP contribution in [-0.4, -0.2) is 67.4 Å². The van der Waals surface area contributed by atoms with Crippen molar-refractivity contribution in [3.8, 4) is 0 Å². The van der Waals surface area contributed by atoms with Crippen molar-refractivity contribution >= 4 is 34.3 Å². The van der Waals surface area contributed by atoms with Gasteiger partial charge in [-0.05, 0) is 29.8 Å². The van der Waals surface area contributed by atoms with Crippen molar-refractivity contribution in [2.24, 2.45) is 0 Å². The first-order valence-electron chi connectivity index (χ1n) is 10.6. The Balaban J connectivity index is 1.33. The minimum absolute atomic E-state index is 0.747. The molecule has 0 atom stereocenters.